The lowest BCUT2D eigenvalue weighted by atomic mass is 9.64. The molecule has 0 unspecified atom stereocenters. The van der Waals surface area contributed by atoms with Crippen molar-refractivity contribution in [3.05, 3.63) is 0 Å². The molecule has 0 saturated heterocycles. The molecule has 0 aromatic heterocycles. The summed E-state index contributed by atoms with van der Waals surface area (Å²) in [6.45, 7) is 7.11. The zero-order chi connectivity index (χ0) is 19.9. The number of ether oxygens (including phenoxy) is 1. The van der Waals surface area contributed by atoms with E-state index < -0.39 is 0 Å². The van der Waals surface area contributed by atoms with E-state index in [-0.39, 0.29) is 18.0 Å². The van der Waals surface area contributed by atoms with E-state index in [4.69, 9.17) is 4.74 Å². The molecule has 3 saturated carbocycles. The molecule has 2 heteroatoms. The Hall–Kier alpha value is -0.530. The first-order valence-corrected chi connectivity index (χ1v) is 12.8. The first kappa shape index (κ1) is 22.2. The molecular weight excluding hydrogens is 344 g/mol. The zero-order valence-electron chi connectivity index (χ0n) is 19.0. The van der Waals surface area contributed by atoms with Crippen molar-refractivity contribution < 1.29 is 9.53 Å². The van der Waals surface area contributed by atoms with Gasteiger partial charge >= 0.3 is 5.97 Å². The van der Waals surface area contributed by atoms with Gasteiger partial charge in [-0.2, -0.15) is 0 Å². The number of carbonyl (C=O) groups is 1. The van der Waals surface area contributed by atoms with E-state index in [9.17, 15) is 4.79 Å². The molecule has 3 aliphatic carbocycles. The summed E-state index contributed by atoms with van der Waals surface area (Å²) in [5.41, 5.74) is 0. The highest BCUT2D eigenvalue weighted by Gasteiger charge is 2.37. The van der Waals surface area contributed by atoms with Crippen LogP contribution in [0.25, 0.3) is 0 Å². The summed E-state index contributed by atoms with van der Waals surface area (Å²) in [7, 11) is 0. The highest BCUT2D eigenvalue weighted by atomic mass is 16.5. The van der Waals surface area contributed by atoms with Crippen LogP contribution in [0.4, 0.5) is 0 Å². The first-order valence-electron chi connectivity index (χ1n) is 12.8. The summed E-state index contributed by atoms with van der Waals surface area (Å²) in [4.78, 5) is 12.7. The fourth-order valence-corrected chi connectivity index (χ4v) is 6.69. The van der Waals surface area contributed by atoms with Crippen LogP contribution in [0.1, 0.15) is 117 Å². The molecule has 162 valence electrons. The maximum atomic E-state index is 12.7. The monoisotopic (exact) mass is 390 g/mol. The predicted octanol–water partition coefficient (Wildman–Crippen LogP) is 7.55. The number of esters is 1. The molecule has 2 nitrogen and oxygen atoms in total. The Morgan fingerprint density at radius 2 is 1.54 bits per heavy atom. The van der Waals surface area contributed by atoms with Crippen LogP contribution in [0.2, 0.25) is 0 Å². The Balaban J connectivity index is 1.38. The Morgan fingerprint density at radius 3 is 2.14 bits per heavy atom. The van der Waals surface area contributed by atoms with Crippen molar-refractivity contribution in [2.75, 3.05) is 0 Å². The smallest absolute Gasteiger partial charge is 0.309 e. The molecule has 0 radical (unpaired) electrons. The van der Waals surface area contributed by atoms with Gasteiger partial charge in [-0.15, -0.1) is 0 Å². The molecule has 0 amide bonds. The topological polar surface area (TPSA) is 26.3 Å². The van der Waals surface area contributed by atoms with Gasteiger partial charge in [-0.05, 0) is 93.8 Å². The van der Waals surface area contributed by atoms with E-state index in [2.05, 4.69) is 20.8 Å². The summed E-state index contributed by atoms with van der Waals surface area (Å²) in [6, 6.07) is 0. The maximum absolute atomic E-state index is 12.7. The van der Waals surface area contributed by atoms with Crippen molar-refractivity contribution in [3.63, 3.8) is 0 Å². The average Bonchev–Trinajstić information content (AvgIpc) is 2.73. The SMILES string of the molecule is CCCC[C@H]1CC[C@@H](C2CCC(C(=O)OC3CCC(CC)CC3)CC2)[C@H](C)C1. The van der Waals surface area contributed by atoms with Gasteiger partial charge in [-0.1, -0.05) is 52.9 Å². The van der Waals surface area contributed by atoms with Gasteiger partial charge in [0.2, 0.25) is 0 Å². The Bertz CT molecular complexity index is 457. The normalized spacial score (nSPS) is 39.5. The van der Waals surface area contributed by atoms with Crippen molar-refractivity contribution in [1.82, 2.24) is 0 Å². The predicted molar refractivity (Wildman–Crippen MR) is 117 cm³/mol. The summed E-state index contributed by atoms with van der Waals surface area (Å²) in [5, 5.41) is 0. The second kappa shape index (κ2) is 11.0. The number of rotatable bonds is 7. The Labute approximate surface area is 174 Å². The Morgan fingerprint density at radius 1 is 0.857 bits per heavy atom. The van der Waals surface area contributed by atoms with E-state index in [0.29, 0.717) is 0 Å². The van der Waals surface area contributed by atoms with Crippen molar-refractivity contribution >= 4 is 5.97 Å². The lowest BCUT2D eigenvalue weighted by Crippen LogP contribution is -2.34. The molecule has 0 aliphatic heterocycles. The first-order chi connectivity index (χ1) is 13.6. The third kappa shape index (κ3) is 5.99. The van der Waals surface area contributed by atoms with Gasteiger partial charge in [0.15, 0.2) is 0 Å². The van der Waals surface area contributed by atoms with Crippen molar-refractivity contribution in [2.24, 2.45) is 35.5 Å². The average molecular weight is 391 g/mol. The van der Waals surface area contributed by atoms with Crippen LogP contribution >= 0.6 is 0 Å². The molecule has 0 bridgehead atoms. The van der Waals surface area contributed by atoms with Gasteiger partial charge in [0, 0.05) is 0 Å². The van der Waals surface area contributed by atoms with Crippen LogP contribution in [0.5, 0.6) is 0 Å². The van der Waals surface area contributed by atoms with Crippen molar-refractivity contribution in [3.8, 4) is 0 Å². The fourth-order valence-electron chi connectivity index (χ4n) is 6.69. The van der Waals surface area contributed by atoms with Gasteiger partial charge in [0.25, 0.3) is 0 Å². The van der Waals surface area contributed by atoms with Gasteiger partial charge in [0.05, 0.1) is 5.92 Å². The standard InChI is InChI=1S/C26H46O2/c1-4-6-7-21-10-17-25(19(3)18-21)22-11-13-23(14-12-22)26(27)28-24-15-8-20(5-2)9-16-24/h19-25H,4-18H2,1-3H3/t19-,20?,21+,22?,23?,24?,25-/m1/s1. The van der Waals surface area contributed by atoms with E-state index in [0.717, 1.165) is 55.3 Å². The lowest BCUT2D eigenvalue weighted by molar-refractivity contribution is -0.157. The third-order valence-electron chi connectivity index (χ3n) is 8.67. The summed E-state index contributed by atoms with van der Waals surface area (Å²) >= 11 is 0. The van der Waals surface area contributed by atoms with E-state index in [1.165, 1.54) is 70.6 Å². The number of carbonyl (C=O) groups excluding carboxylic acids is 1. The zero-order valence-corrected chi connectivity index (χ0v) is 19.0. The van der Waals surface area contributed by atoms with Crippen LogP contribution in [0.3, 0.4) is 0 Å². The minimum absolute atomic E-state index is 0.134. The summed E-state index contributed by atoms with van der Waals surface area (Å²) in [6.07, 6.45) is 19.4. The van der Waals surface area contributed by atoms with E-state index >= 15 is 0 Å². The third-order valence-corrected chi connectivity index (χ3v) is 8.67. The molecule has 0 aromatic rings. The molecule has 3 fully saturated rings. The highest BCUT2D eigenvalue weighted by Crippen LogP contribution is 2.45. The fraction of sp³-hybridized carbons (Fsp3) is 0.962. The maximum Gasteiger partial charge on any atom is 0.309 e. The van der Waals surface area contributed by atoms with Crippen LogP contribution in [0, 0.1) is 35.5 Å². The molecule has 3 rings (SSSR count). The van der Waals surface area contributed by atoms with Gasteiger partial charge < -0.3 is 4.74 Å². The second-order valence-corrected chi connectivity index (χ2v) is 10.6. The number of hydrogen-bond acceptors (Lipinski definition) is 2. The van der Waals surface area contributed by atoms with E-state index in [1.807, 2.05) is 0 Å². The molecule has 0 heterocycles. The minimum atomic E-state index is 0.134. The van der Waals surface area contributed by atoms with Gasteiger partial charge in [-0.3, -0.25) is 4.79 Å². The van der Waals surface area contributed by atoms with Crippen LogP contribution < -0.4 is 0 Å². The highest BCUT2D eigenvalue weighted by molar-refractivity contribution is 5.72. The molecule has 0 aromatic carbocycles. The van der Waals surface area contributed by atoms with Crippen LogP contribution in [0.15, 0.2) is 0 Å². The minimum Gasteiger partial charge on any atom is -0.462 e. The van der Waals surface area contributed by atoms with Gasteiger partial charge in [-0.25, -0.2) is 0 Å². The quantitative estimate of drug-likeness (QED) is 0.419. The molecule has 3 atom stereocenters. The molecule has 0 spiro atoms. The molecule has 0 N–H and O–H groups in total. The largest absolute Gasteiger partial charge is 0.462 e. The van der Waals surface area contributed by atoms with Crippen LogP contribution in [-0.4, -0.2) is 12.1 Å². The Kier molecular flexibility index (Phi) is 8.72. The van der Waals surface area contributed by atoms with E-state index in [1.54, 1.807) is 0 Å². The van der Waals surface area contributed by atoms with Crippen LogP contribution in [-0.2, 0) is 9.53 Å². The summed E-state index contributed by atoms with van der Waals surface area (Å²) < 4.78 is 5.94. The summed E-state index contributed by atoms with van der Waals surface area (Å²) in [5.74, 6) is 4.85. The number of hydrogen-bond donors (Lipinski definition) is 0. The van der Waals surface area contributed by atoms with Gasteiger partial charge in [0.1, 0.15) is 6.10 Å². The molecule has 28 heavy (non-hydrogen) atoms. The second-order valence-electron chi connectivity index (χ2n) is 10.6. The van der Waals surface area contributed by atoms with Crippen molar-refractivity contribution in [2.45, 2.75) is 123 Å². The van der Waals surface area contributed by atoms with Crippen molar-refractivity contribution in [1.29, 1.82) is 0 Å². The molecule has 3 aliphatic rings. The molecular formula is C26H46O2. The number of unbranched alkanes of at least 4 members (excludes halogenated alkanes) is 1. The lowest BCUT2D eigenvalue weighted by Gasteiger charge is -2.41.